The number of hydrogen-bond donors (Lipinski definition) is 2. The second-order valence-electron chi connectivity index (χ2n) is 5.84. The zero-order chi connectivity index (χ0) is 17.5. The zero-order valence-corrected chi connectivity index (χ0v) is 13.3. The van der Waals surface area contributed by atoms with Crippen molar-refractivity contribution in [3.05, 3.63) is 28.6 Å². The number of aliphatic hydroxyl groups excluding tert-OH is 1. The van der Waals surface area contributed by atoms with Crippen molar-refractivity contribution in [1.82, 2.24) is 9.88 Å². The van der Waals surface area contributed by atoms with Gasteiger partial charge in [-0.2, -0.15) is 13.2 Å². The van der Waals surface area contributed by atoms with E-state index in [1.165, 1.54) is 4.90 Å². The number of aromatic amines is 1. The Bertz CT molecular complexity index is 806. The van der Waals surface area contributed by atoms with Crippen LogP contribution in [-0.2, 0) is 0 Å². The molecule has 2 N–H and O–H groups in total. The molecule has 0 saturated carbocycles. The van der Waals surface area contributed by atoms with Crippen molar-refractivity contribution in [2.75, 3.05) is 13.1 Å². The van der Waals surface area contributed by atoms with Crippen LogP contribution in [0.5, 0.6) is 0 Å². The molecule has 1 amide bonds. The summed E-state index contributed by atoms with van der Waals surface area (Å²) in [5, 5.41) is 9.32. The molecule has 1 atom stereocenters. The van der Waals surface area contributed by atoms with Crippen molar-refractivity contribution in [1.29, 1.82) is 0 Å². The van der Waals surface area contributed by atoms with Crippen LogP contribution in [0, 0.1) is 10.8 Å². The number of hydrogen-bond acceptors (Lipinski definition) is 4. The van der Waals surface area contributed by atoms with Crippen molar-refractivity contribution in [2.24, 2.45) is 5.92 Å². The monoisotopic (exact) mass is 360 g/mol. The fourth-order valence-corrected chi connectivity index (χ4v) is 3.15. The lowest BCUT2D eigenvalue weighted by atomic mass is 9.90. The van der Waals surface area contributed by atoms with Crippen LogP contribution < -0.4 is 0 Å². The molecular formula is C15H15F3N2O3S. The standard InChI is InChI=1S/C15H15F3N2O3S/c16-15(17,18)12(21)8-3-5-20(6-4-8)13(22)9-1-2-10-11(7-9)23-14(24)19-10/h1-2,7-8,12,21H,3-6H2,(H,19,24). The van der Waals surface area contributed by atoms with Crippen molar-refractivity contribution in [3.8, 4) is 0 Å². The molecule has 0 radical (unpaired) electrons. The van der Waals surface area contributed by atoms with Gasteiger partial charge in [-0.1, -0.05) is 0 Å². The summed E-state index contributed by atoms with van der Waals surface area (Å²) < 4.78 is 42.9. The van der Waals surface area contributed by atoms with Crippen LogP contribution in [-0.4, -0.2) is 46.3 Å². The van der Waals surface area contributed by atoms with Crippen LogP contribution in [0.3, 0.4) is 0 Å². The summed E-state index contributed by atoms with van der Waals surface area (Å²) in [7, 11) is 0. The van der Waals surface area contributed by atoms with Gasteiger partial charge in [-0.05, 0) is 49.2 Å². The minimum absolute atomic E-state index is 0.111. The minimum atomic E-state index is -4.63. The second kappa shape index (κ2) is 6.21. The van der Waals surface area contributed by atoms with Gasteiger partial charge in [0.05, 0.1) is 5.52 Å². The van der Waals surface area contributed by atoms with Gasteiger partial charge in [-0.15, -0.1) is 0 Å². The van der Waals surface area contributed by atoms with Gasteiger partial charge in [0.1, 0.15) is 0 Å². The molecule has 1 aromatic carbocycles. The van der Waals surface area contributed by atoms with Crippen molar-refractivity contribution >= 4 is 29.2 Å². The SMILES string of the molecule is O=C(c1ccc2[nH]c(=S)oc2c1)N1CCC(C(O)C(F)(F)F)CC1. The number of aromatic nitrogens is 1. The van der Waals surface area contributed by atoms with Crippen molar-refractivity contribution in [3.63, 3.8) is 0 Å². The molecule has 1 aliphatic heterocycles. The average molecular weight is 360 g/mol. The molecule has 1 aliphatic rings. The fourth-order valence-electron chi connectivity index (χ4n) is 2.95. The van der Waals surface area contributed by atoms with E-state index in [0.29, 0.717) is 16.7 Å². The lowest BCUT2D eigenvalue weighted by Gasteiger charge is -2.34. The number of aliphatic hydroxyl groups is 1. The van der Waals surface area contributed by atoms with E-state index in [1.807, 2.05) is 0 Å². The normalized spacial score (nSPS) is 18.1. The van der Waals surface area contributed by atoms with Crippen LogP contribution in [0.1, 0.15) is 23.2 Å². The molecule has 130 valence electrons. The third-order valence-electron chi connectivity index (χ3n) is 4.28. The number of rotatable bonds is 2. The number of H-pyrrole nitrogens is 1. The molecule has 0 bridgehead atoms. The van der Waals surface area contributed by atoms with Gasteiger partial charge in [-0.3, -0.25) is 4.79 Å². The maximum atomic E-state index is 12.6. The summed E-state index contributed by atoms with van der Waals surface area (Å²) in [5.41, 5.74) is 1.51. The third kappa shape index (κ3) is 3.32. The van der Waals surface area contributed by atoms with Crippen molar-refractivity contribution < 1.29 is 27.5 Å². The number of piperidine rings is 1. The summed E-state index contributed by atoms with van der Waals surface area (Å²) in [5.74, 6) is -1.15. The molecule has 0 spiro atoms. The van der Waals surface area contributed by atoms with Crippen LogP contribution >= 0.6 is 12.2 Å². The molecule has 1 fully saturated rings. The van der Waals surface area contributed by atoms with Gasteiger partial charge in [0, 0.05) is 18.7 Å². The van der Waals surface area contributed by atoms with Crippen LogP contribution in [0.2, 0.25) is 0 Å². The predicted molar refractivity (Wildman–Crippen MR) is 82.1 cm³/mol. The molecule has 0 aliphatic carbocycles. The highest BCUT2D eigenvalue weighted by Crippen LogP contribution is 2.32. The smallest absolute Gasteiger partial charge is 0.414 e. The highest BCUT2D eigenvalue weighted by atomic mass is 32.1. The van der Waals surface area contributed by atoms with E-state index >= 15 is 0 Å². The highest BCUT2D eigenvalue weighted by Gasteiger charge is 2.44. The molecule has 9 heteroatoms. The first-order valence-corrected chi connectivity index (χ1v) is 7.83. The van der Waals surface area contributed by atoms with Crippen LogP contribution in [0.4, 0.5) is 13.2 Å². The molecule has 2 heterocycles. The molecule has 24 heavy (non-hydrogen) atoms. The quantitative estimate of drug-likeness (QED) is 0.807. The van der Waals surface area contributed by atoms with E-state index in [-0.39, 0.29) is 36.7 Å². The number of carbonyl (C=O) groups excluding carboxylic acids is 1. The summed E-state index contributed by atoms with van der Waals surface area (Å²) in [6, 6.07) is 4.84. The Morgan fingerprint density at radius 2 is 2.04 bits per heavy atom. The first-order valence-electron chi connectivity index (χ1n) is 7.42. The average Bonchev–Trinajstić information content (AvgIpc) is 2.91. The molecule has 3 rings (SSSR count). The number of oxazole rings is 1. The Hall–Kier alpha value is -1.87. The van der Waals surface area contributed by atoms with Gasteiger partial charge in [0.15, 0.2) is 11.7 Å². The Kier molecular flexibility index (Phi) is 4.39. The lowest BCUT2D eigenvalue weighted by molar-refractivity contribution is -0.222. The zero-order valence-electron chi connectivity index (χ0n) is 12.5. The number of alkyl halides is 3. The third-order valence-corrected chi connectivity index (χ3v) is 4.46. The van der Waals surface area contributed by atoms with Crippen LogP contribution in [0.25, 0.3) is 11.1 Å². The molecule has 1 unspecified atom stereocenters. The van der Waals surface area contributed by atoms with Crippen molar-refractivity contribution in [2.45, 2.75) is 25.1 Å². The number of halogens is 3. The largest absolute Gasteiger partial charge is 0.429 e. The first kappa shape index (κ1) is 17.0. The van der Waals surface area contributed by atoms with E-state index in [0.717, 1.165) is 0 Å². The number of benzene rings is 1. The van der Waals surface area contributed by atoms with Crippen LogP contribution in [0.15, 0.2) is 22.6 Å². The van der Waals surface area contributed by atoms with E-state index in [4.69, 9.17) is 16.6 Å². The molecule has 1 aromatic heterocycles. The predicted octanol–water partition coefficient (Wildman–Crippen LogP) is 3.27. The lowest BCUT2D eigenvalue weighted by Crippen LogP contribution is -2.45. The van der Waals surface area contributed by atoms with Gasteiger partial charge in [0.25, 0.3) is 10.7 Å². The summed E-state index contributed by atoms with van der Waals surface area (Å²) in [6.07, 6.45) is -6.74. The Balaban J connectivity index is 1.69. The Labute approximate surface area is 140 Å². The topological polar surface area (TPSA) is 69.5 Å². The van der Waals surface area contributed by atoms with E-state index in [1.54, 1.807) is 18.2 Å². The molecule has 2 aromatic rings. The maximum absolute atomic E-state index is 12.6. The minimum Gasteiger partial charge on any atom is -0.429 e. The number of nitrogens with zero attached hydrogens (tertiary/aromatic N) is 1. The van der Waals surface area contributed by atoms with Gasteiger partial charge >= 0.3 is 6.18 Å². The summed E-state index contributed by atoms with van der Waals surface area (Å²) >= 11 is 4.88. The molecular weight excluding hydrogens is 345 g/mol. The fraction of sp³-hybridized carbons (Fsp3) is 0.467. The number of likely N-dealkylation sites (tertiary alicyclic amines) is 1. The number of amides is 1. The molecule has 1 saturated heterocycles. The van der Waals surface area contributed by atoms with E-state index < -0.39 is 18.2 Å². The van der Waals surface area contributed by atoms with Gasteiger partial charge in [0.2, 0.25) is 0 Å². The van der Waals surface area contributed by atoms with E-state index in [2.05, 4.69) is 4.98 Å². The summed E-state index contributed by atoms with van der Waals surface area (Å²) in [6.45, 7) is 0.344. The highest BCUT2D eigenvalue weighted by molar-refractivity contribution is 7.71. The number of carbonyl (C=O) groups is 1. The molecule has 5 nitrogen and oxygen atoms in total. The Morgan fingerprint density at radius 1 is 1.38 bits per heavy atom. The Morgan fingerprint density at radius 3 is 2.67 bits per heavy atom. The first-order chi connectivity index (χ1) is 11.3. The second-order valence-corrected chi connectivity index (χ2v) is 6.21. The maximum Gasteiger partial charge on any atom is 0.414 e. The number of fused-ring (bicyclic) bond motifs is 1. The summed E-state index contributed by atoms with van der Waals surface area (Å²) in [4.78, 5) is 17.0. The van der Waals surface area contributed by atoms with Gasteiger partial charge in [-0.25, -0.2) is 0 Å². The number of nitrogens with one attached hydrogen (secondary N) is 1. The van der Waals surface area contributed by atoms with E-state index in [9.17, 15) is 23.1 Å². The van der Waals surface area contributed by atoms with Gasteiger partial charge < -0.3 is 19.4 Å².